The number of aldehydes is 1. The van der Waals surface area contributed by atoms with Gasteiger partial charge in [-0.2, -0.15) is 0 Å². The van der Waals surface area contributed by atoms with Gasteiger partial charge in [-0.1, -0.05) is 18.3 Å². The maximum absolute atomic E-state index is 11.0. The second-order valence-electron chi connectivity index (χ2n) is 4.96. The number of nitrogens with zero attached hydrogens (tertiary/aromatic N) is 3. The highest BCUT2D eigenvalue weighted by Crippen LogP contribution is 2.28. The molecule has 4 nitrogen and oxygen atoms in total. The first kappa shape index (κ1) is 13.5. The lowest BCUT2D eigenvalue weighted by Crippen LogP contribution is -2.41. The minimum atomic E-state index is 0.678. The normalized spacial score (nSPS) is 17.4. The maximum atomic E-state index is 11.0. The number of aryl methyl sites for hydroxylation is 1. The third-order valence-electron chi connectivity index (χ3n) is 3.62. The summed E-state index contributed by atoms with van der Waals surface area (Å²) in [6, 6.07) is 0.678. The highest BCUT2D eigenvalue weighted by molar-refractivity contribution is 7.17. The summed E-state index contributed by atoms with van der Waals surface area (Å²) in [6.07, 6.45) is 4.11. The van der Waals surface area contributed by atoms with Crippen LogP contribution in [0.4, 0.5) is 5.13 Å². The zero-order chi connectivity index (χ0) is 13.1. The lowest BCUT2D eigenvalue weighted by molar-refractivity contribution is 0.112. The molecule has 1 aliphatic heterocycles. The minimum absolute atomic E-state index is 0.678. The highest BCUT2D eigenvalue weighted by Gasteiger charge is 2.23. The predicted molar refractivity (Wildman–Crippen MR) is 75.8 cm³/mol. The number of piperidine rings is 1. The van der Waals surface area contributed by atoms with Gasteiger partial charge in [0.15, 0.2) is 11.4 Å². The summed E-state index contributed by atoms with van der Waals surface area (Å²) in [5, 5.41) is 1.02. The number of carbonyl (C=O) groups excluding carboxylic acids is 1. The van der Waals surface area contributed by atoms with Crippen LogP contribution in [0.1, 0.15) is 35.1 Å². The molecule has 1 aromatic rings. The first-order chi connectivity index (χ1) is 8.65. The smallest absolute Gasteiger partial charge is 0.186 e. The molecule has 1 aromatic heterocycles. The van der Waals surface area contributed by atoms with E-state index in [9.17, 15) is 4.79 Å². The van der Waals surface area contributed by atoms with Gasteiger partial charge in [-0.25, -0.2) is 4.98 Å². The molecule has 0 amide bonds. The summed E-state index contributed by atoms with van der Waals surface area (Å²) in [6.45, 7) is 4.12. The lowest BCUT2D eigenvalue weighted by atomic mass is 10.0. The van der Waals surface area contributed by atoms with Crippen molar-refractivity contribution < 1.29 is 4.79 Å². The fourth-order valence-corrected chi connectivity index (χ4v) is 3.42. The van der Waals surface area contributed by atoms with E-state index in [1.54, 1.807) is 0 Å². The van der Waals surface area contributed by atoms with Crippen LogP contribution in [0.3, 0.4) is 0 Å². The number of hydrogen-bond donors (Lipinski definition) is 0. The van der Waals surface area contributed by atoms with Gasteiger partial charge in [0.05, 0.1) is 10.6 Å². The van der Waals surface area contributed by atoms with Crippen LogP contribution in [-0.4, -0.2) is 49.4 Å². The van der Waals surface area contributed by atoms with Gasteiger partial charge >= 0.3 is 0 Å². The van der Waals surface area contributed by atoms with E-state index in [1.807, 2.05) is 6.92 Å². The molecule has 0 aliphatic carbocycles. The zero-order valence-corrected chi connectivity index (χ0v) is 12.2. The topological polar surface area (TPSA) is 36.4 Å². The van der Waals surface area contributed by atoms with Crippen LogP contribution in [0, 0.1) is 0 Å². The van der Waals surface area contributed by atoms with Crippen molar-refractivity contribution in [3.8, 4) is 0 Å². The molecular formula is C13H21N3OS. The number of rotatable bonds is 4. The van der Waals surface area contributed by atoms with E-state index in [1.165, 1.54) is 24.2 Å². The van der Waals surface area contributed by atoms with Gasteiger partial charge in [-0.15, -0.1) is 0 Å². The molecule has 1 aliphatic rings. The van der Waals surface area contributed by atoms with Crippen LogP contribution < -0.4 is 4.90 Å². The number of hydrogen-bond acceptors (Lipinski definition) is 5. The molecular weight excluding hydrogens is 246 g/mol. The van der Waals surface area contributed by atoms with E-state index in [2.05, 4.69) is 28.9 Å². The molecule has 0 N–H and O–H groups in total. The number of thiazole rings is 1. The van der Waals surface area contributed by atoms with Gasteiger partial charge in [0, 0.05) is 19.1 Å². The zero-order valence-electron chi connectivity index (χ0n) is 11.3. The summed E-state index contributed by atoms with van der Waals surface area (Å²) < 4.78 is 0. The molecule has 2 heterocycles. The molecule has 0 aromatic carbocycles. The number of aromatic nitrogens is 1. The Hall–Kier alpha value is -0.940. The summed E-state index contributed by atoms with van der Waals surface area (Å²) in [7, 11) is 4.28. The molecule has 0 atom stereocenters. The molecule has 0 radical (unpaired) electrons. The van der Waals surface area contributed by atoms with Crippen LogP contribution in [0.15, 0.2) is 0 Å². The first-order valence-corrected chi connectivity index (χ1v) is 7.33. The van der Waals surface area contributed by atoms with Crippen molar-refractivity contribution in [2.75, 3.05) is 32.1 Å². The van der Waals surface area contributed by atoms with E-state index in [4.69, 9.17) is 0 Å². The van der Waals surface area contributed by atoms with Crippen LogP contribution >= 0.6 is 11.3 Å². The average molecular weight is 267 g/mol. The van der Waals surface area contributed by atoms with E-state index < -0.39 is 0 Å². The van der Waals surface area contributed by atoms with Crippen molar-refractivity contribution in [3.05, 3.63) is 10.6 Å². The minimum Gasteiger partial charge on any atom is -0.348 e. The van der Waals surface area contributed by atoms with Crippen LogP contribution in [0.25, 0.3) is 0 Å². The Kier molecular flexibility index (Phi) is 4.35. The second kappa shape index (κ2) is 5.80. The molecule has 1 saturated heterocycles. The Morgan fingerprint density at radius 3 is 2.56 bits per heavy atom. The molecule has 5 heteroatoms. The SMILES string of the molecule is CCc1nc(N2CCC(N(C)C)CC2)sc1C=O. The van der Waals surface area contributed by atoms with Crippen molar-refractivity contribution in [1.82, 2.24) is 9.88 Å². The Morgan fingerprint density at radius 2 is 2.11 bits per heavy atom. The van der Waals surface area contributed by atoms with E-state index in [0.717, 1.165) is 41.5 Å². The van der Waals surface area contributed by atoms with Crippen molar-refractivity contribution >= 4 is 22.8 Å². The third-order valence-corrected chi connectivity index (χ3v) is 4.71. The van der Waals surface area contributed by atoms with Gasteiger partial charge in [-0.3, -0.25) is 4.79 Å². The third kappa shape index (κ3) is 2.72. The maximum Gasteiger partial charge on any atom is 0.186 e. The van der Waals surface area contributed by atoms with Crippen molar-refractivity contribution in [2.45, 2.75) is 32.2 Å². The second-order valence-corrected chi connectivity index (χ2v) is 5.97. The Morgan fingerprint density at radius 1 is 1.44 bits per heavy atom. The van der Waals surface area contributed by atoms with Gasteiger partial charge in [0.1, 0.15) is 0 Å². The van der Waals surface area contributed by atoms with Crippen LogP contribution in [-0.2, 0) is 6.42 Å². The van der Waals surface area contributed by atoms with Crippen molar-refractivity contribution in [3.63, 3.8) is 0 Å². The number of anilines is 1. The summed E-state index contributed by atoms with van der Waals surface area (Å²) in [5.74, 6) is 0. The lowest BCUT2D eigenvalue weighted by Gasteiger charge is -2.35. The monoisotopic (exact) mass is 267 g/mol. The number of carbonyl (C=O) groups is 1. The standard InChI is InChI=1S/C13H21N3OS/c1-4-11-12(9-17)18-13(14-11)16-7-5-10(6-8-16)15(2)3/h9-10H,4-8H2,1-3H3. The van der Waals surface area contributed by atoms with Crippen LogP contribution in [0.2, 0.25) is 0 Å². The van der Waals surface area contributed by atoms with Crippen LogP contribution in [0.5, 0.6) is 0 Å². The molecule has 100 valence electrons. The highest BCUT2D eigenvalue weighted by atomic mass is 32.1. The van der Waals surface area contributed by atoms with Gasteiger partial charge in [-0.05, 0) is 33.4 Å². The summed E-state index contributed by atoms with van der Waals surface area (Å²) in [5.41, 5.74) is 0.944. The summed E-state index contributed by atoms with van der Waals surface area (Å²) in [4.78, 5) is 21.0. The molecule has 0 unspecified atom stereocenters. The first-order valence-electron chi connectivity index (χ1n) is 6.52. The fraction of sp³-hybridized carbons (Fsp3) is 0.692. The van der Waals surface area contributed by atoms with E-state index in [-0.39, 0.29) is 0 Å². The largest absolute Gasteiger partial charge is 0.348 e. The Labute approximate surface area is 113 Å². The van der Waals surface area contributed by atoms with E-state index in [0.29, 0.717) is 6.04 Å². The van der Waals surface area contributed by atoms with Gasteiger partial charge in [0.2, 0.25) is 0 Å². The fourth-order valence-electron chi connectivity index (χ4n) is 2.40. The average Bonchev–Trinajstić information content (AvgIpc) is 2.82. The molecule has 2 rings (SSSR count). The van der Waals surface area contributed by atoms with Crippen molar-refractivity contribution in [2.24, 2.45) is 0 Å². The summed E-state index contributed by atoms with van der Waals surface area (Å²) >= 11 is 1.53. The molecule has 18 heavy (non-hydrogen) atoms. The molecule has 1 fully saturated rings. The van der Waals surface area contributed by atoms with Gasteiger partial charge < -0.3 is 9.80 Å². The predicted octanol–water partition coefficient (Wildman–Crippen LogP) is 2.05. The molecule has 0 bridgehead atoms. The van der Waals surface area contributed by atoms with Crippen molar-refractivity contribution in [1.29, 1.82) is 0 Å². The Bertz CT molecular complexity index is 408. The quantitative estimate of drug-likeness (QED) is 0.782. The Balaban J connectivity index is 2.05. The molecule has 0 saturated carbocycles. The van der Waals surface area contributed by atoms with Gasteiger partial charge in [0.25, 0.3) is 0 Å². The van der Waals surface area contributed by atoms with E-state index >= 15 is 0 Å². The molecule has 0 spiro atoms.